The molecule has 0 aliphatic carbocycles. The van der Waals surface area contributed by atoms with Crippen LogP contribution in [0.5, 0.6) is 0 Å². The van der Waals surface area contributed by atoms with Crippen LogP contribution in [-0.4, -0.2) is 15.5 Å². The molecular formula is C20H17N3O2. The fourth-order valence-electron chi connectivity index (χ4n) is 4.07. The third-order valence-electron chi connectivity index (χ3n) is 5.35. The van der Waals surface area contributed by atoms with Crippen molar-refractivity contribution < 1.29 is 4.79 Å². The monoisotopic (exact) mass is 331 g/mol. The molecule has 124 valence electrons. The Hall–Kier alpha value is -2.95. The van der Waals surface area contributed by atoms with Gasteiger partial charge in [-0.1, -0.05) is 25.1 Å². The van der Waals surface area contributed by atoms with Gasteiger partial charge in [-0.2, -0.15) is 0 Å². The van der Waals surface area contributed by atoms with Gasteiger partial charge >= 0.3 is 0 Å². The number of nitrogens with zero attached hydrogens (tertiary/aromatic N) is 2. The highest BCUT2D eigenvalue weighted by Gasteiger charge is 2.32. The molecule has 0 bridgehead atoms. The molecule has 0 spiro atoms. The maximum atomic E-state index is 13.0. The van der Waals surface area contributed by atoms with Crippen molar-refractivity contribution in [2.45, 2.75) is 32.4 Å². The molecule has 0 saturated heterocycles. The van der Waals surface area contributed by atoms with Gasteiger partial charge < -0.3 is 9.88 Å². The Labute approximate surface area is 144 Å². The number of para-hydroxylation sites is 1. The number of hydrogen-bond donors (Lipinski definition) is 1. The van der Waals surface area contributed by atoms with E-state index in [2.05, 4.69) is 11.4 Å². The lowest BCUT2D eigenvalue weighted by atomic mass is 9.88. The molecule has 2 aliphatic rings. The van der Waals surface area contributed by atoms with E-state index >= 15 is 0 Å². The number of rotatable bonds is 1. The normalized spacial score (nSPS) is 17.8. The molecule has 0 fully saturated rings. The zero-order valence-corrected chi connectivity index (χ0v) is 13.9. The van der Waals surface area contributed by atoms with E-state index in [1.807, 2.05) is 37.3 Å². The van der Waals surface area contributed by atoms with Crippen molar-refractivity contribution in [2.75, 3.05) is 0 Å². The summed E-state index contributed by atoms with van der Waals surface area (Å²) < 4.78 is 1.79. The van der Waals surface area contributed by atoms with E-state index in [0.717, 1.165) is 33.4 Å². The van der Waals surface area contributed by atoms with Gasteiger partial charge in [-0.3, -0.25) is 9.59 Å². The van der Waals surface area contributed by atoms with Crippen LogP contribution in [0, 0.1) is 0 Å². The molecular weight excluding hydrogens is 314 g/mol. The van der Waals surface area contributed by atoms with E-state index in [1.54, 1.807) is 4.57 Å². The minimum atomic E-state index is -0.258. The molecule has 5 heteroatoms. The Bertz CT molecular complexity index is 1110. The highest BCUT2D eigenvalue weighted by Crippen LogP contribution is 2.35. The maximum Gasteiger partial charge on any atom is 0.256 e. The standard InChI is InChI=1S/C20H17N3O2/c1-2-13-14-8-17-18-12(7-11-5-3-4-6-16(11)22-18)10-23(17)20(25)15(14)9-21-19(13)24/h3-8,13H,2,9-10H2,1H3,(H,21,24). The first kappa shape index (κ1) is 14.4. The Kier molecular flexibility index (Phi) is 2.89. The van der Waals surface area contributed by atoms with E-state index in [1.165, 1.54) is 0 Å². The fraction of sp³-hybridized carbons (Fsp3) is 0.250. The molecule has 1 N–H and O–H groups in total. The second-order valence-electron chi connectivity index (χ2n) is 6.72. The second-order valence-corrected chi connectivity index (χ2v) is 6.72. The summed E-state index contributed by atoms with van der Waals surface area (Å²) in [5, 5.41) is 3.93. The first-order valence-electron chi connectivity index (χ1n) is 8.60. The zero-order chi connectivity index (χ0) is 17.1. The van der Waals surface area contributed by atoms with Gasteiger partial charge in [0.15, 0.2) is 0 Å². The van der Waals surface area contributed by atoms with Gasteiger partial charge in [-0.15, -0.1) is 0 Å². The van der Waals surface area contributed by atoms with Crippen LogP contribution < -0.4 is 10.9 Å². The Morgan fingerprint density at radius 3 is 2.92 bits per heavy atom. The number of hydrogen-bond acceptors (Lipinski definition) is 3. The summed E-state index contributed by atoms with van der Waals surface area (Å²) >= 11 is 0. The Morgan fingerprint density at radius 2 is 2.08 bits per heavy atom. The fourth-order valence-corrected chi connectivity index (χ4v) is 4.07. The maximum absolute atomic E-state index is 13.0. The Balaban J connectivity index is 1.79. The number of carbonyl (C=O) groups is 1. The summed E-state index contributed by atoms with van der Waals surface area (Å²) in [6.07, 6.45) is 0.680. The number of aromatic nitrogens is 2. The zero-order valence-electron chi connectivity index (χ0n) is 13.9. The molecule has 1 amide bonds. The summed E-state index contributed by atoms with van der Waals surface area (Å²) in [4.78, 5) is 30.0. The van der Waals surface area contributed by atoms with Crippen molar-refractivity contribution in [1.29, 1.82) is 0 Å². The lowest BCUT2D eigenvalue weighted by Crippen LogP contribution is -2.39. The predicted molar refractivity (Wildman–Crippen MR) is 95.4 cm³/mol. The molecule has 1 unspecified atom stereocenters. The number of benzene rings is 1. The van der Waals surface area contributed by atoms with Gasteiger partial charge in [0.2, 0.25) is 5.91 Å². The predicted octanol–water partition coefficient (Wildman–Crippen LogP) is 2.55. The Morgan fingerprint density at radius 1 is 1.24 bits per heavy atom. The first-order valence-corrected chi connectivity index (χ1v) is 8.60. The highest BCUT2D eigenvalue weighted by atomic mass is 16.2. The number of fused-ring (bicyclic) bond motifs is 5. The summed E-state index contributed by atoms with van der Waals surface area (Å²) in [5.74, 6) is -0.254. The van der Waals surface area contributed by atoms with Gasteiger partial charge in [0.1, 0.15) is 0 Å². The molecule has 1 aromatic carbocycles. The smallest absolute Gasteiger partial charge is 0.256 e. The van der Waals surface area contributed by atoms with E-state index in [4.69, 9.17) is 4.98 Å². The first-order chi connectivity index (χ1) is 12.2. The SMILES string of the molecule is CCC1C(=O)NCc2c1cc1n(c2=O)Cc2cc3ccccc3nc2-1. The minimum Gasteiger partial charge on any atom is -0.351 e. The average molecular weight is 331 g/mol. The van der Waals surface area contributed by atoms with E-state index in [9.17, 15) is 9.59 Å². The third-order valence-corrected chi connectivity index (χ3v) is 5.35. The van der Waals surface area contributed by atoms with Crippen molar-refractivity contribution in [3.63, 3.8) is 0 Å². The van der Waals surface area contributed by atoms with Crippen molar-refractivity contribution in [3.8, 4) is 11.4 Å². The lowest BCUT2D eigenvalue weighted by molar-refractivity contribution is -0.123. The lowest BCUT2D eigenvalue weighted by Gasteiger charge is -2.25. The van der Waals surface area contributed by atoms with Crippen LogP contribution >= 0.6 is 0 Å². The van der Waals surface area contributed by atoms with Crippen molar-refractivity contribution in [1.82, 2.24) is 14.9 Å². The van der Waals surface area contributed by atoms with E-state index in [-0.39, 0.29) is 17.4 Å². The van der Waals surface area contributed by atoms with Gasteiger partial charge in [0.25, 0.3) is 5.56 Å². The molecule has 2 aliphatic heterocycles. The van der Waals surface area contributed by atoms with E-state index in [0.29, 0.717) is 25.1 Å². The van der Waals surface area contributed by atoms with Crippen molar-refractivity contribution in [3.05, 3.63) is 63.4 Å². The number of carbonyl (C=O) groups excluding carboxylic acids is 1. The summed E-state index contributed by atoms with van der Waals surface area (Å²) in [6.45, 7) is 2.83. The molecule has 4 heterocycles. The van der Waals surface area contributed by atoms with Crippen LogP contribution in [0.1, 0.15) is 36.0 Å². The van der Waals surface area contributed by atoms with Crippen LogP contribution in [0.4, 0.5) is 0 Å². The third kappa shape index (κ3) is 1.92. The number of pyridine rings is 2. The molecule has 1 atom stereocenters. The highest BCUT2D eigenvalue weighted by molar-refractivity contribution is 5.87. The van der Waals surface area contributed by atoms with Crippen molar-refractivity contribution in [2.24, 2.45) is 0 Å². The molecule has 5 nitrogen and oxygen atoms in total. The van der Waals surface area contributed by atoms with E-state index < -0.39 is 0 Å². The topological polar surface area (TPSA) is 64.0 Å². The molecule has 3 aromatic rings. The molecule has 0 saturated carbocycles. The second kappa shape index (κ2) is 5.02. The summed E-state index contributed by atoms with van der Waals surface area (Å²) in [7, 11) is 0. The van der Waals surface area contributed by atoms with Gasteiger partial charge in [0.05, 0.1) is 29.4 Å². The largest absolute Gasteiger partial charge is 0.351 e. The van der Waals surface area contributed by atoms with Crippen LogP contribution in [0.3, 0.4) is 0 Å². The molecule has 25 heavy (non-hydrogen) atoms. The van der Waals surface area contributed by atoms with Gasteiger partial charge in [-0.25, -0.2) is 4.98 Å². The minimum absolute atomic E-state index is 0.00374. The van der Waals surface area contributed by atoms with Gasteiger partial charge in [-0.05, 0) is 30.2 Å². The molecule has 5 rings (SSSR count). The van der Waals surface area contributed by atoms with Gasteiger partial charge in [0, 0.05) is 23.1 Å². The molecule has 2 aromatic heterocycles. The van der Waals surface area contributed by atoms with Crippen LogP contribution in [0.15, 0.2) is 41.2 Å². The van der Waals surface area contributed by atoms with Crippen LogP contribution in [-0.2, 0) is 17.9 Å². The quantitative estimate of drug-likeness (QED) is 0.583. The summed E-state index contributed by atoms with van der Waals surface area (Å²) in [6, 6.07) is 12.1. The van der Waals surface area contributed by atoms with Crippen LogP contribution in [0.2, 0.25) is 0 Å². The number of amides is 1. The summed E-state index contributed by atoms with van der Waals surface area (Å²) in [5.41, 5.74) is 5.25. The average Bonchev–Trinajstić information content (AvgIpc) is 2.98. The number of nitrogens with one attached hydrogen (secondary N) is 1. The van der Waals surface area contributed by atoms with Crippen LogP contribution in [0.25, 0.3) is 22.3 Å². The van der Waals surface area contributed by atoms with Crippen molar-refractivity contribution >= 4 is 16.8 Å². The molecule has 0 radical (unpaired) electrons.